The Kier molecular flexibility index (Phi) is 4.97. The Labute approximate surface area is 173 Å². The molecule has 4 rings (SSSR count). The topological polar surface area (TPSA) is 17.3 Å². The zero-order valence-electron chi connectivity index (χ0n) is 14.5. The second kappa shape index (κ2) is 7.43. The second-order valence-electron chi connectivity index (χ2n) is 6.18. The van der Waals surface area contributed by atoms with Gasteiger partial charge in [-0.1, -0.05) is 60.7 Å². The monoisotopic (exact) mass is 490 g/mol. The summed E-state index contributed by atoms with van der Waals surface area (Å²) in [4.78, 5) is 4.00. The van der Waals surface area contributed by atoms with Crippen molar-refractivity contribution in [3.05, 3.63) is 88.6 Å². The molecule has 0 spiro atoms. The molecule has 0 fully saturated rings. The zero-order valence-corrected chi connectivity index (χ0v) is 16.6. The number of alkyl halides is 3. The molecule has 1 aromatic heterocycles. The first-order chi connectivity index (χ1) is 13.4. The van der Waals surface area contributed by atoms with E-state index in [0.29, 0.717) is 9.09 Å². The minimum absolute atomic E-state index is 0.287. The van der Waals surface area contributed by atoms with E-state index in [4.69, 9.17) is 0 Å². The van der Waals surface area contributed by atoms with E-state index in [1.165, 1.54) is 6.20 Å². The van der Waals surface area contributed by atoms with Crippen molar-refractivity contribution in [2.45, 2.75) is 6.18 Å². The van der Waals surface area contributed by atoms with Crippen molar-refractivity contribution >= 4 is 45.0 Å². The van der Waals surface area contributed by atoms with Gasteiger partial charge in [-0.2, -0.15) is 13.2 Å². The first-order valence-corrected chi connectivity index (χ1v) is 9.59. The van der Waals surface area contributed by atoms with Crippen molar-refractivity contribution in [3.8, 4) is 11.1 Å². The molecule has 0 radical (unpaired) electrons. The molecule has 0 atom stereocenters. The van der Waals surface area contributed by atoms with Crippen LogP contribution in [0.3, 0.4) is 0 Å². The van der Waals surface area contributed by atoms with Crippen LogP contribution in [0.5, 0.6) is 0 Å². The molecule has 140 valence electrons. The maximum atomic E-state index is 14.0. The molecule has 6 heteroatoms. The van der Waals surface area contributed by atoms with E-state index in [1.807, 2.05) is 65.1 Å². The molecule has 0 saturated carbocycles. The Bertz CT molecular complexity index is 1160. The number of hydrogen-bond donors (Lipinski definition) is 0. The fraction of sp³-hybridized carbons (Fsp3) is 0.0455. The van der Waals surface area contributed by atoms with Crippen molar-refractivity contribution < 1.29 is 13.2 Å². The van der Waals surface area contributed by atoms with E-state index in [2.05, 4.69) is 4.99 Å². The van der Waals surface area contributed by atoms with E-state index in [1.54, 1.807) is 36.4 Å². The highest BCUT2D eigenvalue weighted by Crippen LogP contribution is 2.34. The van der Waals surface area contributed by atoms with E-state index in [-0.39, 0.29) is 5.69 Å². The third-order valence-corrected chi connectivity index (χ3v) is 5.27. The van der Waals surface area contributed by atoms with Crippen LogP contribution in [0.2, 0.25) is 0 Å². The van der Waals surface area contributed by atoms with Crippen LogP contribution in [0.25, 0.3) is 22.0 Å². The number of halogens is 4. The predicted molar refractivity (Wildman–Crippen MR) is 115 cm³/mol. The lowest BCUT2D eigenvalue weighted by molar-refractivity contribution is -0.0613. The number of nitrogens with zero attached hydrogens (tertiary/aromatic N) is 2. The van der Waals surface area contributed by atoms with Crippen LogP contribution in [0.1, 0.15) is 0 Å². The molecule has 0 unspecified atom stereocenters. The molecule has 0 aliphatic carbocycles. The summed E-state index contributed by atoms with van der Waals surface area (Å²) in [5.74, 6) is -0.963. The van der Waals surface area contributed by atoms with Gasteiger partial charge in [0.2, 0.25) is 5.84 Å². The van der Waals surface area contributed by atoms with Crippen LogP contribution in [0.15, 0.2) is 90.1 Å². The third-order valence-electron chi connectivity index (χ3n) is 4.36. The summed E-state index contributed by atoms with van der Waals surface area (Å²) in [6.07, 6.45) is -3.10. The van der Waals surface area contributed by atoms with Gasteiger partial charge in [0.1, 0.15) is 0 Å². The molecule has 1 heterocycles. The molecule has 0 aliphatic heterocycles. The molecule has 0 aliphatic rings. The van der Waals surface area contributed by atoms with Gasteiger partial charge in [-0.25, -0.2) is 4.99 Å². The highest BCUT2D eigenvalue weighted by molar-refractivity contribution is 14.1. The van der Waals surface area contributed by atoms with Crippen LogP contribution < -0.4 is 0 Å². The summed E-state index contributed by atoms with van der Waals surface area (Å²) in [6.45, 7) is 0. The minimum atomic E-state index is -4.62. The van der Waals surface area contributed by atoms with Gasteiger partial charge in [0.25, 0.3) is 0 Å². The fourth-order valence-corrected chi connectivity index (χ4v) is 3.62. The zero-order chi connectivity index (χ0) is 19.7. The Hall–Kier alpha value is -2.61. The van der Waals surface area contributed by atoms with E-state index >= 15 is 0 Å². The van der Waals surface area contributed by atoms with Crippen LogP contribution in [-0.4, -0.2) is 16.6 Å². The molecule has 4 aromatic rings. The summed E-state index contributed by atoms with van der Waals surface area (Å²) < 4.78 is 43.8. The van der Waals surface area contributed by atoms with E-state index in [9.17, 15) is 13.2 Å². The largest absolute Gasteiger partial charge is 0.450 e. The summed E-state index contributed by atoms with van der Waals surface area (Å²) in [7, 11) is 0. The molecule has 28 heavy (non-hydrogen) atoms. The number of para-hydroxylation sites is 2. The number of hydrogen-bond acceptors (Lipinski definition) is 1. The van der Waals surface area contributed by atoms with Crippen molar-refractivity contribution in [2.24, 2.45) is 4.99 Å². The quantitative estimate of drug-likeness (QED) is 0.163. The van der Waals surface area contributed by atoms with E-state index in [0.717, 1.165) is 21.1 Å². The molecule has 2 nitrogen and oxygen atoms in total. The van der Waals surface area contributed by atoms with Gasteiger partial charge in [-0.3, -0.25) is 4.57 Å². The van der Waals surface area contributed by atoms with Crippen molar-refractivity contribution in [2.75, 3.05) is 0 Å². The second-order valence-corrected chi connectivity index (χ2v) is 7.34. The number of aromatic nitrogens is 1. The van der Waals surface area contributed by atoms with Gasteiger partial charge in [0, 0.05) is 20.7 Å². The number of rotatable bonds is 2. The standard InChI is InChI=1S/C22H14F3IN2/c23-22(24,25)21(27-19-12-6-5-11-18(19)26)28-14-17(15-8-2-1-3-9-15)16-10-4-7-13-20(16)28/h1-14H. The molecule has 0 amide bonds. The summed E-state index contributed by atoms with van der Waals surface area (Å²) in [6, 6.07) is 23.2. The number of aliphatic imine (C=N–C) groups is 1. The summed E-state index contributed by atoms with van der Waals surface area (Å²) in [5, 5.41) is 0.744. The average Bonchev–Trinajstić information content (AvgIpc) is 3.06. The number of benzene rings is 3. The lowest BCUT2D eigenvalue weighted by Gasteiger charge is -2.13. The lowest BCUT2D eigenvalue weighted by atomic mass is 10.1. The SMILES string of the molecule is FC(F)(F)C(=Nc1ccccc1I)n1cc(-c2ccccc2)c2ccccc21. The molecular weight excluding hydrogens is 476 g/mol. The maximum absolute atomic E-state index is 14.0. The van der Waals surface area contributed by atoms with Crippen LogP contribution in [0, 0.1) is 3.57 Å². The smallest absolute Gasteiger partial charge is 0.296 e. The molecule has 0 bridgehead atoms. The summed E-state index contributed by atoms with van der Waals surface area (Å²) in [5.41, 5.74) is 2.34. The molecule has 3 aromatic carbocycles. The first kappa shape index (κ1) is 18.7. The van der Waals surface area contributed by atoms with Gasteiger partial charge in [-0.15, -0.1) is 0 Å². The highest BCUT2D eigenvalue weighted by atomic mass is 127. The number of fused-ring (bicyclic) bond motifs is 1. The predicted octanol–water partition coefficient (Wildman–Crippen LogP) is 7.05. The Morgan fingerprint density at radius 3 is 2.18 bits per heavy atom. The Balaban J connectivity index is 1.99. The average molecular weight is 490 g/mol. The molecular formula is C22H14F3IN2. The first-order valence-electron chi connectivity index (χ1n) is 8.51. The van der Waals surface area contributed by atoms with Gasteiger partial charge >= 0.3 is 6.18 Å². The van der Waals surface area contributed by atoms with Gasteiger partial charge in [0.15, 0.2) is 0 Å². The minimum Gasteiger partial charge on any atom is -0.296 e. The maximum Gasteiger partial charge on any atom is 0.450 e. The molecule has 0 N–H and O–H groups in total. The van der Waals surface area contributed by atoms with E-state index < -0.39 is 12.0 Å². The lowest BCUT2D eigenvalue weighted by Crippen LogP contribution is -2.29. The summed E-state index contributed by atoms with van der Waals surface area (Å²) >= 11 is 1.99. The highest BCUT2D eigenvalue weighted by Gasteiger charge is 2.38. The van der Waals surface area contributed by atoms with Crippen LogP contribution in [0.4, 0.5) is 18.9 Å². The normalized spacial score (nSPS) is 12.5. The van der Waals surface area contributed by atoms with Crippen LogP contribution >= 0.6 is 22.6 Å². The van der Waals surface area contributed by atoms with Gasteiger partial charge in [0.05, 0.1) is 11.2 Å². The van der Waals surface area contributed by atoms with Crippen molar-refractivity contribution in [1.29, 1.82) is 0 Å². The molecule has 0 saturated heterocycles. The van der Waals surface area contributed by atoms with Crippen molar-refractivity contribution in [1.82, 2.24) is 4.57 Å². The van der Waals surface area contributed by atoms with Gasteiger partial charge < -0.3 is 0 Å². The third kappa shape index (κ3) is 3.56. The Morgan fingerprint density at radius 2 is 1.46 bits per heavy atom. The fourth-order valence-electron chi connectivity index (χ4n) is 3.11. The Morgan fingerprint density at radius 1 is 0.821 bits per heavy atom. The van der Waals surface area contributed by atoms with Crippen LogP contribution in [-0.2, 0) is 0 Å². The van der Waals surface area contributed by atoms with Crippen molar-refractivity contribution in [3.63, 3.8) is 0 Å². The van der Waals surface area contributed by atoms with Gasteiger partial charge in [-0.05, 0) is 46.4 Å².